The molecule has 3 N–H and O–H groups in total. The molecule has 0 amide bonds. The summed E-state index contributed by atoms with van der Waals surface area (Å²) in [5.41, 5.74) is 6.54. The number of hydrogen-bond donors (Lipinski definition) is 2. The summed E-state index contributed by atoms with van der Waals surface area (Å²) in [5, 5.41) is 7.49. The maximum Gasteiger partial charge on any atom is 0.0963 e. The van der Waals surface area contributed by atoms with Crippen LogP contribution in [0.2, 0.25) is 0 Å². The second-order valence-corrected chi connectivity index (χ2v) is 6.35. The van der Waals surface area contributed by atoms with Gasteiger partial charge >= 0.3 is 0 Å². The number of hydrogen-bond acceptors (Lipinski definition) is 2. The molecule has 1 aromatic rings. The molecule has 0 fully saturated rings. The van der Waals surface area contributed by atoms with Gasteiger partial charge in [-0.3, -0.25) is 5.41 Å². The summed E-state index contributed by atoms with van der Waals surface area (Å²) in [5.74, 6) is 0.266. The van der Waals surface area contributed by atoms with Crippen LogP contribution >= 0.6 is 15.9 Å². The van der Waals surface area contributed by atoms with Crippen LogP contribution in [0.3, 0.4) is 0 Å². The van der Waals surface area contributed by atoms with Crippen LogP contribution in [0.15, 0.2) is 28.7 Å². The van der Waals surface area contributed by atoms with E-state index < -0.39 is 0 Å². The third kappa shape index (κ3) is 6.21. The molecular weight excluding hydrogens is 304 g/mol. The van der Waals surface area contributed by atoms with Gasteiger partial charge in [0.05, 0.1) is 12.4 Å². The van der Waals surface area contributed by atoms with Gasteiger partial charge in [0, 0.05) is 16.5 Å². The highest BCUT2D eigenvalue weighted by atomic mass is 79.9. The molecule has 0 bridgehead atoms. The summed E-state index contributed by atoms with van der Waals surface area (Å²) in [7, 11) is 0. The van der Waals surface area contributed by atoms with E-state index in [1.54, 1.807) is 0 Å². The normalized spacial score (nSPS) is 11.5. The third-order valence-electron chi connectivity index (χ3n) is 3.23. The van der Waals surface area contributed by atoms with Crippen molar-refractivity contribution >= 4 is 21.8 Å². The molecule has 106 valence electrons. The Morgan fingerprint density at radius 3 is 2.74 bits per heavy atom. The lowest BCUT2D eigenvalue weighted by molar-refractivity contribution is 0.115. The van der Waals surface area contributed by atoms with E-state index in [1.165, 1.54) is 5.56 Å². The Balaban J connectivity index is 2.14. The minimum absolute atomic E-state index is 0.190. The fourth-order valence-electron chi connectivity index (χ4n) is 1.72. The average molecular weight is 327 g/mol. The lowest BCUT2D eigenvalue weighted by Crippen LogP contribution is -2.30. The molecule has 0 unspecified atom stereocenters. The number of rotatable bonds is 8. The third-order valence-corrected chi connectivity index (χ3v) is 3.72. The summed E-state index contributed by atoms with van der Waals surface area (Å²) in [6.07, 6.45) is 2.97. The fourth-order valence-corrected chi connectivity index (χ4v) is 2.17. The van der Waals surface area contributed by atoms with Gasteiger partial charge in [0.1, 0.15) is 0 Å². The topological polar surface area (TPSA) is 59.1 Å². The van der Waals surface area contributed by atoms with Crippen LogP contribution in [-0.2, 0) is 11.3 Å². The zero-order chi connectivity index (χ0) is 14.3. The average Bonchev–Trinajstić information content (AvgIpc) is 2.33. The van der Waals surface area contributed by atoms with Crippen LogP contribution in [0, 0.1) is 10.8 Å². The van der Waals surface area contributed by atoms with Gasteiger partial charge in [-0.05, 0) is 30.5 Å². The maximum absolute atomic E-state index is 7.49. The zero-order valence-electron chi connectivity index (χ0n) is 11.7. The van der Waals surface area contributed by atoms with Crippen LogP contribution in [0.4, 0.5) is 0 Å². The Kier molecular flexibility index (Phi) is 6.52. The number of nitrogens with one attached hydrogen (secondary N) is 1. The highest BCUT2D eigenvalue weighted by molar-refractivity contribution is 9.10. The quantitative estimate of drug-likeness (QED) is 0.429. The van der Waals surface area contributed by atoms with Crippen molar-refractivity contribution in [3.63, 3.8) is 0 Å². The van der Waals surface area contributed by atoms with Crippen molar-refractivity contribution in [2.45, 2.75) is 39.7 Å². The molecule has 1 rings (SSSR count). The zero-order valence-corrected chi connectivity index (χ0v) is 13.3. The molecule has 0 saturated carbocycles. The van der Waals surface area contributed by atoms with E-state index in [0.717, 1.165) is 30.3 Å². The second kappa shape index (κ2) is 7.65. The molecule has 4 heteroatoms. The smallest absolute Gasteiger partial charge is 0.0963 e. The Hall–Kier alpha value is -0.870. The SMILES string of the molecule is CC(C)(CCCCOCc1cccc(Br)c1)C(=N)N. The van der Waals surface area contributed by atoms with Crippen molar-refractivity contribution < 1.29 is 4.74 Å². The summed E-state index contributed by atoms with van der Waals surface area (Å²) >= 11 is 3.44. The van der Waals surface area contributed by atoms with Crippen molar-refractivity contribution in [2.24, 2.45) is 11.1 Å². The molecule has 0 aliphatic heterocycles. The van der Waals surface area contributed by atoms with Gasteiger partial charge in [0.2, 0.25) is 0 Å². The highest BCUT2D eigenvalue weighted by Crippen LogP contribution is 2.22. The summed E-state index contributed by atoms with van der Waals surface area (Å²) in [6.45, 7) is 5.42. The molecule has 0 heterocycles. The molecule has 0 atom stereocenters. The van der Waals surface area contributed by atoms with Crippen molar-refractivity contribution in [2.75, 3.05) is 6.61 Å². The van der Waals surface area contributed by atoms with Crippen molar-refractivity contribution in [3.05, 3.63) is 34.3 Å². The lowest BCUT2D eigenvalue weighted by Gasteiger charge is -2.22. The molecule has 0 aliphatic carbocycles. The number of unbranched alkanes of at least 4 members (excludes halogenated alkanes) is 1. The van der Waals surface area contributed by atoms with E-state index in [9.17, 15) is 0 Å². The Bertz CT molecular complexity index is 418. The van der Waals surface area contributed by atoms with Gasteiger partial charge in [-0.2, -0.15) is 0 Å². The first-order chi connectivity index (χ1) is 8.92. The largest absolute Gasteiger partial charge is 0.387 e. The molecule has 0 aromatic heterocycles. The first-order valence-corrected chi connectivity index (χ1v) is 7.38. The summed E-state index contributed by atoms with van der Waals surface area (Å²) < 4.78 is 6.72. The van der Waals surface area contributed by atoms with Crippen LogP contribution in [0.1, 0.15) is 38.7 Å². The van der Waals surface area contributed by atoms with Gasteiger partial charge in [0.25, 0.3) is 0 Å². The van der Waals surface area contributed by atoms with Gasteiger partial charge in [0.15, 0.2) is 0 Å². The predicted octanol–water partition coefficient (Wildman–Crippen LogP) is 4.10. The van der Waals surface area contributed by atoms with Gasteiger partial charge < -0.3 is 10.5 Å². The van der Waals surface area contributed by atoms with E-state index in [0.29, 0.717) is 6.61 Å². The molecule has 3 nitrogen and oxygen atoms in total. The molecule has 0 radical (unpaired) electrons. The van der Waals surface area contributed by atoms with E-state index >= 15 is 0 Å². The molecule has 0 aliphatic rings. The van der Waals surface area contributed by atoms with Gasteiger partial charge in [-0.25, -0.2) is 0 Å². The van der Waals surface area contributed by atoms with Gasteiger partial charge in [-0.15, -0.1) is 0 Å². The Morgan fingerprint density at radius 1 is 1.37 bits per heavy atom. The number of halogens is 1. The number of amidine groups is 1. The van der Waals surface area contributed by atoms with E-state index in [4.69, 9.17) is 15.9 Å². The van der Waals surface area contributed by atoms with Crippen LogP contribution in [0.5, 0.6) is 0 Å². The fraction of sp³-hybridized carbons (Fsp3) is 0.533. The molecule has 19 heavy (non-hydrogen) atoms. The summed E-state index contributed by atoms with van der Waals surface area (Å²) in [4.78, 5) is 0. The Morgan fingerprint density at radius 2 is 2.11 bits per heavy atom. The predicted molar refractivity (Wildman–Crippen MR) is 83.3 cm³/mol. The highest BCUT2D eigenvalue weighted by Gasteiger charge is 2.20. The van der Waals surface area contributed by atoms with E-state index in [2.05, 4.69) is 28.1 Å². The van der Waals surface area contributed by atoms with Crippen LogP contribution in [0.25, 0.3) is 0 Å². The first kappa shape index (κ1) is 16.2. The standard InChI is InChI=1S/C15H23BrN2O/c1-15(2,14(17)18)8-3-4-9-19-11-12-6-5-7-13(16)10-12/h5-7,10H,3-4,8-9,11H2,1-2H3,(H3,17,18). The monoisotopic (exact) mass is 326 g/mol. The minimum Gasteiger partial charge on any atom is -0.387 e. The van der Waals surface area contributed by atoms with Gasteiger partial charge in [-0.1, -0.05) is 48.3 Å². The van der Waals surface area contributed by atoms with Crippen molar-refractivity contribution in [1.29, 1.82) is 5.41 Å². The maximum atomic E-state index is 7.49. The van der Waals surface area contributed by atoms with E-state index in [-0.39, 0.29) is 11.3 Å². The lowest BCUT2D eigenvalue weighted by atomic mass is 9.86. The number of ether oxygens (including phenoxy) is 1. The molecule has 0 spiro atoms. The molecule has 1 aromatic carbocycles. The Labute approximate surface area is 124 Å². The van der Waals surface area contributed by atoms with Crippen LogP contribution < -0.4 is 5.73 Å². The molecular formula is C15H23BrN2O. The second-order valence-electron chi connectivity index (χ2n) is 5.44. The first-order valence-electron chi connectivity index (χ1n) is 6.58. The number of benzene rings is 1. The number of nitrogens with two attached hydrogens (primary N) is 1. The van der Waals surface area contributed by atoms with Crippen molar-refractivity contribution in [3.8, 4) is 0 Å². The summed E-state index contributed by atoms with van der Waals surface area (Å²) in [6, 6.07) is 8.15. The molecule has 0 saturated heterocycles. The van der Waals surface area contributed by atoms with E-state index in [1.807, 2.05) is 26.0 Å². The van der Waals surface area contributed by atoms with Crippen molar-refractivity contribution in [1.82, 2.24) is 0 Å². The van der Waals surface area contributed by atoms with Crippen LogP contribution in [-0.4, -0.2) is 12.4 Å². The minimum atomic E-state index is -0.190.